The number of carbonyl (C=O) groups is 1. The molecule has 1 aliphatic heterocycles. The predicted molar refractivity (Wildman–Crippen MR) is 113 cm³/mol. The lowest BCUT2D eigenvalue weighted by molar-refractivity contribution is 0.0736. The van der Waals surface area contributed by atoms with Crippen molar-refractivity contribution in [2.75, 3.05) is 38.1 Å². The molecule has 1 saturated heterocycles. The summed E-state index contributed by atoms with van der Waals surface area (Å²) in [5.74, 6) is 0.114. The van der Waals surface area contributed by atoms with Gasteiger partial charge < -0.3 is 14.2 Å². The third-order valence-electron chi connectivity index (χ3n) is 5.41. The minimum Gasteiger partial charge on any atom is -0.447 e. The van der Waals surface area contributed by atoms with Crippen LogP contribution < -0.4 is 4.90 Å². The minimum absolute atomic E-state index is 0.135. The predicted octanol–water partition coefficient (Wildman–Crippen LogP) is 3.43. The number of benzene rings is 1. The van der Waals surface area contributed by atoms with Gasteiger partial charge in [0.05, 0.1) is 18.3 Å². The molecule has 4 rings (SSSR count). The number of rotatable bonds is 6. The van der Waals surface area contributed by atoms with Gasteiger partial charge in [0.15, 0.2) is 5.69 Å². The number of aromatic nitrogens is 2. The van der Waals surface area contributed by atoms with Crippen molar-refractivity contribution in [3.05, 3.63) is 64.5 Å². The lowest BCUT2D eigenvalue weighted by Crippen LogP contribution is -2.46. The molecule has 0 N–H and O–H groups in total. The molecule has 1 aliphatic rings. The molecule has 0 aliphatic carbocycles. The molecule has 3 aromatic rings. The van der Waals surface area contributed by atoms with E-state index in [1.165, 1.54) is 23.7 Å². The van der Waals surface area contributed by atoms with Gasteiger partial charge in [-0.2, -0.15) is 0 Å². The third-order valence-corrected chi connectivity index (χ3v) is 6.35. The van der Waals surface area contributed by atoms with Crippen LogP contribution in [-0.4, -0.2) is 58.9 Å². The zero-order chi connectivity index (χ0) is 21.1. The van der Waals surface area contributed by atoms with E-state index in [0.717, 1.165) is 31.2 Å². The largest absolute Gasteiger partial charge is 0.447 e. The Labute approximate surface area is 178 Å². The summed E-state index contributed by atoms with van der Waals surface area (Å²) in [6.45, 7) is 5.43. The number of amides is 1. The van der Waals surface area contributed by atoms with Crippen molar-refractivity contribution in [2.24, 2.45) is 0 Å². The molecule has 158 valence electrons. The highest BCUT2D eigenvalue weighted by atomic mass is 32.1. The van der Waals surface area contributed by atoms with Crippen LogP contribution in [0.1, 0.15) is 34.4 Å². The maximum absolute atomic E-state index is 14.0. The molecule has 0 unspecified atom stereocenters. The van der Waals surface area contributed by atoms with Crippen molar-refractivity contribution in [2.45, 2.75) is 19.5 Å². The number of hydrogen-bond acceptors (Lipinski definition) is 7. The Balaban J connectivity index is 1.33. The summed E-state index contributed by atoms with van der Waals surface area (Å²) in [6, 6.07) is 6.71. The van der Waals surface area contributed by atoms with Gasteiger partial charge in [0.25, 0.3) is 5.91 Å². The highest BCUT2D eigenvalue weighted by Crippen LogP contribution is 2.23. The van der Waals surface area contributed by atoms with Gasteiger partial charge in [0.2, 0.25) is 5.89 Å². The normalized spacial score (nSPS) is 15.9. The van der Waals surface area contributed by atoms with Crippen LogP contribution in [0, 0.1) is 5.82 Å². The summed E-state index contributed by atoms with van der Waals surface area (Å²) >= 11 is 1.52. The lowest BCUT2D eigenvalue weighted by atomic mass is 10.2. The highest BCUT2D eigenvalue weighted by molar-refractivity contribution is 7.09. The molecule has 0 bridgehead atoms. The Kier molecular flexibility index (Phi) is 6.10. The number of halogens is 1. The number of carbonyl (C=O) groups excluding carboxylic acids is 1. The maximum Gasteiger partial charge on any atom is 0.276 e. The number of piperazine rings is 1. The summed E-state index contributed by atoms with van der Waals surface area (Å²) < 4.78 is 19.5. The van der Waals surface area contributed by atoms with E-state index in [0.29, 0.717) is 23.8 Å². The van der Waals surface area contributed by atoms with Gasteiger partial charge in [-0.1, -0.05) is 12.1 Å². The highest BCUT2D eigenvalue weighted by Gasteiger charge is 2.25. The van der Waals surface area contributed by atoms with E-state index >= 15 is 0 Å². The topological polar surface area (TPSA) is 65.7 Å². The second-order valence-corrected chi connectivity index (χ2v) is 8.23. The summed E-state index contributed by atoms with van der Waals surface area (Å²) in [5.41, 5.74) is 0.930. The zero-order valence-corrected chi connectivity index (χ0v) is 17.8. The SMILES string of the molecule is C[C@@H](c1nccs1)N(C)C(=O)c1coc(CN2CCN(c3ccccc3F)CC2)n1. The molecule has 0 spiro atoms. The third kappa shape index (κ3) is 4.36. The van der Waals surface area contributed by atoms with Crippen LogP contribution >= 0.6 is 11.3 Å². The van der Waals surface area contributed by atoms with Crippen LogP contribution in [0.15, 0.2) is 46.5 Å². The first kappa shape index (κ1) is 20.5. The van der Waals surface area contributed by atoms with E-state index in [-0.39, 0.29) is 17.8 Å². The average Bonchev–Trinajstić information content (AvgIpc) is 3.46. The Morgan fingerprint density at radius 2 is 2.07 bits per heavy atom. The Bertz CT molecular complexity index is 985. The number of anilines is 1. The van der Waals surface area contributed by atoms with E-state index in [2.05, 4.69) is 14.9 Å². The van der Waals surface area contributed by atoms with E-state index in [4.69, 9.17) is 4.42 Å². The number of nitrogens with zero attached hydrogens (tertiary/aromatic N) is 5. The Morgan fingerprint density at radius 1 is 1.30 bits per heavy atom. The van der Waals surface area contributed by atoms with Gasteiger partial charge in [-0.3, -0.25) is 9.69 Å². The van der Waals surface area contributed by atoms with E-state index in [1.807, 2.05) is 23.3 Å². The van der Waals surface area contributed by atoms with Crippen molar-refractivity contribution >= 4 is 22.9 Å². The van der Waals surface area contributed by atoms with Crippen LogP contribution in [-0.2, 0) is 6.54 Å². The van der Waals surface area contributed by atoms with Gasteiger partial charge in [0.1, 0.15) is 17.1 Å². The van der Waals surface area contributed by atoms with Gasteiger partial charge in [-0.15, -0.1) is 11.3 Å². The molecule has 1 fully saturated rings. The summed E-state index contributed by atoms with van der Waals surface area (Å²) in [6.07, 6.45) is 3.15. The van der Waals surface area contributed by atoms with E-state index in [9.17, 15) is 9.18 Å². The van der Waals surface area contributed by atoms with Crippen LogP contribution in [0.4, 0.5) is 10.1 Å². The molecule has 0 radical (unpaired) electrons. The smallest absolute Gasteiger partial charge is 0.276 e. The molecule has 2 aromatic heterocycles. The fourth-order valence-corrected chi connectivity index (χ4v) is 4.23. The molecule has 1 atom stereocenters. The minimum atomic E-state index is -0.197. The molecular weight excluding hydrogens is 405 g/mol. The van der Waals surface area contributed by atoms with Crippen LogP contribution in [0.2, 0.25) is 0 Å². The van der Waals surface area contributed by atoms with Gasteiger partial charge in [0, 0.05) is 44.8 Å². The Hall–Kier alpha value is -2.78. The van der Waals surface area contributed by atoms with Gasteiger partial charge in [-0.05, 0) is 19.1 Å². The average molecular weight is 430 g/mol. The summed E-state index contributed by atoms with van der Waals surface area (Å²) in [5, 5.41) is 2.77. The van der Waals surface area contributed by atoms with Gasteiger partial charge >= 0.3 is 0 Å². The number of hydrogen-bond donors (Lipinski definition) is 0. The summed E-state index contributed by atoms with van der Waals surface area (Å²) in [7, 11) is 1.74. The molecule has 7 nitrogen and oxygen atoms in total. The fraction of sp³-hybridized carbons (Fsp3) is 0.381. The molecule has 1 amide bonds. The molecule has 3 heterocycles. The second kappa shape index (κ2) is 8.93. The van der Waals surface area contributed by atoms with Crippen LogP contribution in [0.25, 0.3) is 0 Å². The quantitative estimate of drug-likeness (QED) is 0.598. The number of para-hydroxylation sites is 1. The molecule has 30 heavy (non-hydrogen) atoms. The van der Waals surface area contributed by atoms with Crippen LogP contribution in [0.3, 0.4) is 0 Å². The first-order chi connectivity index (χ1) is 14.5. The fourth-order valence-electron chi connectivity index (χ4n) is 3.49. The lowest BCUT2D eigenvalue weighted by Gasteiger charge is -2.35. The number of oxazole rings is 1. The van der Waals surface area contributed by atoms with Crippen molar-refractivity contribution in [3.63, 3.8) is 0 Å². The molecule has 0 saturated carbocycles. The first-order valence-electron chi connectivity index (χ1n) is 9.85. The van der Waals surface area contributed by atoms with Crippen molar-refractivity contribution in [1.82, 2.24) is 19.8 Å². The number of thiazole rings is 1. The van der Waals surface area contributed by atoms with Crippen molar-refractivity contribution in [3.8, 4) is 0 Å². The van der Waals surface area contributed by atoms with Gasteiger partial charge in [-0.25, -0.2) is 14.4 Å². The van der Waals surface area contributed by atoms with E-state index < -0.39 is 0 Å². The summed E-state index contributed by atoms with van der Waals surface area (Å²) in [4.78, 5) is 27.3. The Morgan fingerprint density at radius 3 is 2.77 bits per heavy atom. The standard InChI is InChI=1S/C21H24FN5O2S/c1-15(20-23-7-12-30-20)25(2)21(28)17-14-29-19(24-17)13-26-8-10-27(11-9-26)18-6-4-3-5-16(18)22/h3-7,12,14-15H,8-11,13H2,1-2H3/t15-/m0/s1. The monoisotopic (exact) mass is 429 g/mol. The zero-order valence-electron chi connectivity index (χ0n) is 17.0. The van der Waals surface area contributed by atoms with Crippen LogP contribution in [0.5, 0.6) is 0 Å². The van der Waals surface area contributed by atoms with E-state index in [1.54, 1.807) is 30.3 Å². The molecular formula is C21H24FN5O2S. The van der Waals surface area contributed by atoms with Crippen molar-refractivity contribution in [1.29, 1.82) is 0 Å². The molecule has 1 aromatic carbocycles. The maximum atomic E-state index is 14.0. The first-order valence-corrected chi connectivity index (χ1v) is 10.7. The van der Waals surface area contributed by atoms with Crippen molar-refractivity contribution < 1.29 is 13.6 Å². The second-order valence-electron chi connectivity index (χ2n) is 7.30. The molecule has 9 heteroatoms.